The van der Waals surface area contributed by atoms with E-state index in [2.05, 4.69) is 29.6 Å². The third kappa shape index (κ3) is 4.90. The third-order valence-electron chi connectivity index (χ3n) is 7.74. The summed E-state index contributed by atoms with van der Waals surface area (Å²) < 4.78 is 5.63. The van der Waals surface area contributed by atoms with Crippen LogP contribution in [0.3, 0.4) is 0 Å². The number of likely N-dealkylation sites (tertiary alicyclic amines) is 1. The van der Waals surface area contributed by atoms with E-state index in [9.17, 15) is 19.5 Å². The van der Waals surface area contributed by atoms with Gasteiger partial charge >= 0.3 is 12.1 Å². The molecule has 184 valence electrons. The Kier molecular flexibility index (Phi) is 6.50. The van der Waals surface area contributed by atoms with Crippen LogP contribution in [0.5, 0.6) is 0 Å². The Morgan fingerprint density at radius 2 is 1.66 bits per heavy atom. The molecule has 2 aromatic rings. The van der Waals surface area contributed by atoms with Crippen molar-refractivity contribution in [1.29, 1.82) is 0 Å². The number of carboxylic acids is 1. The molecule has 2 fully saturated rings. The summed E-state index contributed by atoms with van der Waals surface area (Å²) in [7, 11) is 0. The van der Waals surface area contributed by atoms with E-state index in [0.717, 1.165) is 24.0 Å². The number of nitrogens with zero attached hydrogens (tertiary/aromatic N) is 1. The molecule has 1 saturated carbocycles. The van der Waals surface area contributed by atoms with Crippen LogP contribution in [0, 0.1) is 23.7 Å². The van der Waals surface area contributed by atoms with Crippen LogP contribution in [0.2, 0.25) is 0 Å². The molecule has 2 amide bonds. The minimum absolute atomic E-state index is 0.0175. The Labute approximate surface area is 205 Å². The third-order valence-corrected chi connectivity index (χ3v) is 7.74. The van der Waals surface area contributed by atoms with Crippen molar-refractivity contribution in [2.45, 2.75) is 32.1 Å². The summed E-state index contributed by atoms with van der Waals surface area (Å²) in [6, 6.07) is 16.4. The number of hydrogen-bond acceptors (Lipinski definition) is 4. The van der Waals surface area contributed by atoms with E-state index in [-0.39, 0.29) is 43.4 Å². The quantitative estimate of drug-likeness (QED) is 0.598. The molecule has 1 saturated heterocycles. The monoisotopic (exact) mass is 476 g/mol. The second kappa shape index (κ2) is 9.72. The first-order valence-corrected chi connectivity index (χ1v) is 12.5. The highest BCUT2D eigenvalue weighted by Crippen LogP contribution is 2.44. The van der Waals surface area contributed by atoms with E-state index in [1.54, 1.807) is 4.90 Å². The fourth-order valence-corrected chi connectivity index (χ4v) is 5.61. The van der Waals surface area contributed by atoms with Crippen LogP contribution in [0.1, 0.15) is 43.2 Å². The number of carbonyl (C=O) groups is 3. The van der Waals surface area contributed by atoms with Gasteiger partial charge in [-0.25, -0.2) is 4.79 Å². The largest absolute Gasteiger partial charge is 0.481 e. The molecule has 5 rings (SSSR count). The molecule has 2 aliphatic carbocycles. The number of carboxylic acid groups (broad SMARTS) is 1. The number of rotatable bonds is 8. The van der Waals surface area contributed by atoms with Crippen molar-refractivity contribution in [3.05, 3.63) is 59.7 Å². The number of carbonyl (C=O) groups excluding carboxylic acids is 2. The van der Waals surface area contributed by atoms with Crippen LogP contribution < -0.4 is 5.32 Å². The van der Waals surface area contributed by atoms with E-state index in [1.807, 2.05) is 31.2 Å². The maximum Gasteiger partial charge on any atom is 0.407 e. The second-order valence-electron chi connectivity index (χ2n) is 10.2. The van der Waals surface area contributed by atoms with Crippen molar-refractivity contribution >= 4 is 18.0 Å². The summed E-state index contributed by atoms with van der Waals surface area (Å²) in [5, 5.41) is 12.2. The fraction of sp³-hybridized carbons (Fsp3) is 0.464. The molecule has 7 heteroatoms. The second-order valence-corrected chi connectivity index (χ2v) is 10.2. The minimum atomic E-state index is -0.858. The zero-order chi connectivity index (χ0) is 24.5. The van der Waals surface area contributed by atoms with E-state index < -0.39 is 18.0 Å². The first-order chi connectivity index (χ1) is 16.9. The molecule has 2 aromatic carbocycles. The van der Waals surface area contributed by atoms with Gasteiger partial charge in [0.25, 0.3) is 0 Å². The molecule has 1 heterocycles. The van der Waals surface area contributed by atoms with Gasteiger partial charge in [-0.2, -0.15) is 0 Å². The molecular formula is C28H32N2O5. The Balaban J connectivity index is 1.19. The minimum Gasteiger partial charge on any atom is -0.481 e. The van der Waals surface area contributed by atoms with Crippen molar-refractivity contribution in [2.75, 3.05) is 26.2 Å². The van der Waals surface area contributed by atoms with Crippen LogP contribution in [0.15, 0.2) is 48.5 Å². The van der Waals surface area contributed by atoms with E-state index in [0.29, 0.717) is 18.9 Å². The van der Waals surface area contributed by atoms with Gasteiger partial charge in [0.15, 0.2) is 0 Å². The van der Waals surface area contributed by atoms with Gasteiger partial charge in [0.2, 0.25) is 5.91 Å². The lowest BCUT2D eigenvalue weighted by molar-refractivity contribution is -0.142. The van der Waals surface area contributed by atoms with Gasteiger partial charge in [-0.05, 0) is 40.5 Å². The van der Waals surface area contributed by atoms with Crippen LogP contribution in [-0.4, -0.2) is 54.2 Å². The van der Waals surface area contributed by atoms with Gasteiger partial charge in [-0.1, -0.05) is 68.3 Å². The lowest BCUT2D eigenvalue weighted by Gasteiger charge is -2.24. The summed E-state index contributed by atoms with van der Waals surface area (Å²) in [5.74, 6) is -1.40. The first-order valence-electron chi connectivity index (χ1n) is 12.5. The number of hydrogen-bond donors (Lipinski definition) is 2. The smallest absolute Gasteiger partial charge is 0.407 e. The maximum atomic E-state index is 13.2. The molecule has 0 bridgehead atoms. The molecule has 0 spiro atoms. The average molecular weight is 477 g/mol. The fourth-order valence-electron chi connectivity index (χ4n) is 5.61. The lowest BCUT2D eigenvalue weighted by atomic mass is 9.98. The zero-order valence-corrected chi connectivity index (χ0v) is 20.0. The SMILES string of the molecule is CC1CN(C(=O)C(CNC(=O)OCC2c3ccccc3-c3ccccc32)CC2CC2)CC1C(=O)O. The molecule has 35 heavy (non-hydrogen) atoms. The summed E-state index contributed by atoms with van der Waals surface area (Å²) >= 11 is 0. The number of fused-ring (bicyclic) bond motifs is 3. The molecule has 1 aliphatic heterocycles. The molecule has 3 unspecified atom stereocenters. The summed E-state index contributed by atoms with van der Waals surface area (Å²) in [6.45, 7) is 2.99. The Hall–Kier alpha value is -3.35. The van der Waals surface area contributed by atoms with Gasteiger partial charge in [0.05, 0.1) is 11.8 Å². The first kappa shape index (κ1) is 23.4. The number of ether oxygens (including phenoxy) is 1. The topological polar surface area (TPSA) is 95.9 Å². The molecular weight excluding hydrogens is 444 g/mol. The molecule has 3 aliphatic rings. The Morgan fingerprint density at radius 3 is 2.23 bits per heavy atom. The highest BCUT2D eigenvalue weighted by molar-refractivity contribution is 5.82. The van der Waals surface area contributed by atoms with Crippen molar-refractivity contribution in [3.8, 4) is 11.1 Å². The predicted molar refractivity (Wildman–Crippen MR) is 131 cm³/mol. The summed E-state index contributed by atoms with van der Waals surface area (Å²) in [6.07, 6.45) is 2.38. The Morgan fingerprint density at radius 1 is 1.03 bits per heavy atom. The van der Waals surface area contributed by atoms with Crippen molar-refractivity contribution < 1.29 is 24.2 Å². The normalized spacial score (nSPS) is 21.8. The maximum absolute atomic E-state index is 13.2. The number of amides is 2. The predicted octanol–water partition coefficient (Wildman–Crippen LogP) is 4.12. The number of alkyl carbamates (subject to hydrolysis) is 1. The van der Waals surface area contributed by atoms with Gasteiger partial charge in [-0.3, -0.25) is 9.59 Å². The van der Waals surface area contributed by atoms with Gasteiger partial charge in [0, 0.05) is 25.6 Å². The molecule has 2 N–H and O–H groups in total. The van der Waals surface area contributed by atoms with Gasteiger partial charge < -0.3 is 20.1 Å². The standard InChI is InChI=1S/C28H32N2O5/c1-17-14-30(15-24(17)27(32)33)26(31)19(12-18-10-11-18)13-29-28(34)35-16-25-22-8-4-2-6-20(22)21-7-3-5-9-23(21)25/h2-9,17-19,24-25H,10-16H2,1H3,(H,29,34)(H,32,33). The van der Waals surface area contributed by atoms with Crippen molar-refractivity contribution in [3.63, 3.8) is 0 Å². The highest BCUT2D eigenvalue weighted by atomic mass is 16.5. The molecule has 7 nitrogen and oxygen atoms in total. The Bertz CT molecular complexity index is 1080. The van der Waals surface area contributed by atoms with E-state index in [4.69, 9.17) is 4.74 Å². The number of aliphatic carboxylic acids is 1. The van der Waals surface area contributed by atoms with Crippen molar-refractivity contribution in [2.24, 2.45) is 23.7 Å². The average Bonchev–Trinajstić information content (AvgIpc) is 3.50. The van der Waals surface area contributed by atoms with Crippen LogP contribution in [-0.2, 0) is 14.3 Å². The highest BCUT2D eigenvalue weighted by Gasteiger charge is 2.40. The summed E-state index contributed by atoms with van der Waals surface area (Å²) in [5.41, 5.74) is 4.65. The van der Waals surface area contributed by atoms with Gasteiger partial charge in [0.1, 0.15) is 6.61 Å². The van der Waals surface area contributed by atoms with Gasteiger partial charge in [-0.15, -0.1) is 0 Å². The van der Waals surface area contributed by atoms with Crippen molar-refractivity contribution in [1.82, 2.24) is 10.2 Å². The van der Waals surface area contributed by atoms with E-state index >= 15 is 0 Å². The summed E-state index contributed by atoms with van der Waals surface area (Å²) in [4.78, 5) is 39.0. The number of nitrogens with one attached hydrogen (secondary N) is 1. The van der Waals surface area contributed by atoms with Crippen LogP contribution in [0.25, 0.3) is 11.1 Å². The molecule has 0 radical (unpaired) electrons. The van der Waals surface area contributed by atoms with E-state index in [1.165, 1.54) is 11.1 Å². The van der Waals surface area contributed by atoms with Crippen LogP contribution >= 0.6 is 0 Å². The van der Waals surface area contributed by atoms with Crippen LogP contribution in [0.4, 0.5) is 4.79 Å². The number of benzene rings is 2. The molecule has 3 atom stereocenters. The zero-order valence-electron chi connectivity index (χ0n) is 20.0. The lowest BCUT2D eigenvalue weighted by Crippen LogP contribution is -2.41. The molecule has 0 aromatic heterocycles.